The average molecular weight is 225 g/mol. The fourth-order valence-electron chi connectivity index (χ4n) is 1.13. The molecule has 7 heteroatoms. The van der Waals surface area contributed by atoms with Crippen LogP contribution in [0.15, 0.2) is 15.8 Å². The number of hydrogen-bond donors (Lipinski definition) is 2. The van der Waals surface area contributed by atoms with Crippen molar-refractivity contribution >= 4 is 11.7 Å². The average Bonchev–Trinajstić information content (AvgIpc) is 2.23. The van der Waals surface area contributed by atoms with Gasteiger partial charge in [0.15, 0.2) is 5.78 Å². The zero-order valence-electron chi connectivity index (χ0n) is 8.86. The molecule has 7 nitrogen and oxygen atoms in total. The van der Waals surface area contributed by atoms with Gasteiger partial charge in [0.2, 0.25) is 5.91 Å². The van der Waals surface area contributed by atoms with Gasteiger partial charge in [-0.3, -0.25) is 19.0 Å². The molecule has 0 unspecified atom stereocenters. The smallest absolute Gasteiger partial charge is 0.328 e. The number of carbonyl (C=O) groups excluding carboxylic acids is 2. The van der Waals surface area contributed by atoms with Gasteiger partial charge in [0, 0.05) is 13.2 Å². The molecule has 1 amide bonds. The summed E-state index contributed by atoms with van der Waals surface area (Å²) in [6, 6.07) is 0. The summed E-state index contributed by atoms with van der Waals surface area (Å²) in [5.74, 6) is -0.958. The molecule has 0 aliphatic carbocycles. The Morgan fingerprint density at radius 2 is 2.06 bits per heavy atom. The van der Waals surface area contributed by atoms with E-state index < -0.39 is 29.5 Å². The molecule has 0 atom stereocenters. The topological polar surface area (TPSA) is 101 Å². The third kappa shape index (κ3) is 2.25. The number of amides is 1. The number of aromatic nitrogens is 2. The van der Waals surface area contributed by atoms with Gasteiger partial charge >= 0.3 is 5.69 Å². The Hall–Kier alpha value is -2.18. The summed E-state index contributed by atoms with van der Waals surface area (Å²) in [4.78, 5) is 47.2. The molecule has 86 valence electrons. The highest BCUT2D eigenvalue weighted by molar-refractivity contribution is 5.93. The van der Waals surface area contributed by atoms with Crippen LogP contribution >= 0.6 is 0 Å². The van der Waals surface area contributed by atoms with E-state index in [1.54, 1.807) is 0 Å². The molecule has 0 bridgehead atoms. The standard InChI is InChI=1S/C9H11N3O4/c1-5(13)6-3-11-9(16)12(8(6)15)4-7(14)10-2/h3H,4H2,1-2H3,(H,10,14)(H,11,16). The van der Waals surface area contributed by atoms with Gasteiger partial charge < -0.3 is 10.3 Å². The van der Waals surface area contributed by atoms with Crippen LogP contribution in [0.5, 0.6) is 0 Å². The second kappa shape index (κ2) is 4.56. The maximum Gasteiger partial charge on any atom is 0.328 e. The monoisotopic (exact) mass is 225 g/mol. The highest BCUT2D eigenvalue weighted by Gasteiger charge is 2.12. The highest BCUT2D eigenvalue weighted by Crippen LogP contribution is 1.87. The van der Waals surface area contributed by atoms with E-state index in [9.17, 15) is 19.2 Å². The van der Waals surface area contributed by atoms with E-state index in [2.05, 4.69) is 10.3 Å². The molecule has 1 heterocycles. The Balaban J connectivity index is 3.33. The maximum absolute atomic E-state index is 11.6. The van der Waals surface area contributed by atoms with Crippen molar-refractivity contribution in [1.29, 1.82) is 0 Å². The van der Waals surface area contributed by atoms with Crippen LogP contribution in [0.4, 0.5) is 0 Å². The molecule has 0 radical (unpaired) electrons. The minimum absolute atomic E-state index is 0.150. The Morgan fingerprint density at radius 1 is 1.44 bits per heavy atom. The molecule has 0 saturated heterocycles. The summed E-state index contributed by atoms with van der Waals surface area (Å²) in [5.41, 5.74) is -1.64. The zero-order valence-corrected chi connectivity index (χ0v) is 8.86. The molecule has 0 aliphatic heterocycles. The fourth-order valence-corrected chi connectivity index (χ4v) is 1.13. The van der Waals surface area contributed by atoms with Crippen LogP contribution in [0.1, 0.15) is 17.3 Å². The maximum atomic E-state index is 11.6. The molecule has 0 fully saturated rings. The first-order valence-electron chi connectivity index (χ1n) is 4.51. The fraction of sp³-hybridized carbons (Fsp3) is 0.333. The second-order valence-corrected chi connectivity index (χ2v) is 3.13. The molecule has 1 aromatic rings. The van der Waals surface area contributed by atoms with Crippen LogP contribution in [0.2, 0.25) is 0 Å². The summed E-state index contributed by atoms with van der Waals surface area (Å²) in [6.45, 7) is 0.797. The lowest BCUT2D eigenvalue weighted by Crippen LogP contribution is -2.41. The summed E-state index contributed by atoms with van der Waals surface area (Å²) in [5, 5.41) is 2.28. The number of carbonyl (C=O) groups is 2. The van der Waals surface area contributed by atoms with Gasteiger partial charge in [-0.1, -0.05) is 0 Å². The third-order valence-corrected chi connectivity index (χ3v) is 2.02. The van der Waals surface area contributed by atoms with Crippen LogP contribution < -0.4 is 16.6 Å². The summed E-state index contributed by atoms with van der Waals surface area (Å²) < 4.78 is 0.676. The van der Waals surface area contributed by atoms with Gasteiger partial charge in [-0.15, -0.1) is 0 Å². The predicted octanol–water partition coefficient (Wildman–Crippen LogP) is -1.51. The molecule has 0 saturated carbocycles. The van der Waals surface area contributed by atoms with E-state index in [0.29, 0.717) is 4.57 Å². The second-order valence-electron chi connectivity index (χ2n) is 3.13. The van der Waals surface area contributed by atoms with Crippen LogP contribution in [0.3, 0.4) is 0 Å². The van der Waals surface area contributed by atoms with Crippen molar-refractivity contribution in [2.75, 3.05) is 7.05 Å². The molecular formula is C9H11N3O4. The zero-order chi connectivity index (χ0) is 12.3. The molecule has 2 N–H and O–H groups in total. The van der Waals surface area contributed by atoms with E-state index in [4.69, 9.17) is 0 Å². The highest BCUT2D eigenvalue weighted by atomic mass is 16.2. The SMILES string of the molecule is CNC(=O)Cn1c(=O)[nH]cc(C(C)=O)c1=O. The Labute approximate surface area is 90.1 Å². The number of hydrogen-bond acceptors (Lipinski definition) is 4. The third-order valence-electron chi connectivity index (χ3n) is 2.02. The Morgan fingerprint density at radius 3 is 2.56 bits per heavy atom. The Kier molecular flexibility index (Phi) is 3.39. The number of nitrogens with zero attached hydrogens (tertiary/aromatic N) is 1. The van der Waals surface area contributed by atoms with Crippen molar-refractivity contribution in [3.63, 3.8) is 0 Å². The minimum Gasteiger partial charge on any atom is -0.358 e. The number of aromatic amines is 1. The lowest BCUT2D eigenvalue weighted by molar-refractivity contribution is -0.121. The van der Waals surface area contributed by atoms with Gasteiger partial charge in [-0.25, -0.2) is 4.79 Å². The minimum atomic E-state index is -0.764. The van der Waals surface area contributed by atoms with Gasteiger partial charge in [-0.05, 0) is 6.92 Å². The van der Waals surface area contributed by atoms with Crippen molar-refractivity contribution in [2.45, 2.75) is 13.5 Å². The van der Waals surface area contributed by atoms with Crippen molar-refractivity contribution in [1.82, 2.24) is 14.9 Å². The van der Waals surface area contributed by atoms with Crippen molar-refractivity contribution in [3.05, 3.63) is 32.6 Å². The summed E-state index contributed by atoms with van der Waals surface area (Å²) in [7, 11) is 1.39. The molecule has 0 aliphatic rings. The number of likely N-dealkylation sites (N-methyl/N-ethyl adjacent to an activating group) is 1. The van der Waals surface area contributed by atoms with Gasteiger partial charge in [0.05, 0.1) is 5.56 Å². The molecule has 1 aromatic heterocycles. The summed E-state index contributed by atoms with van der Waals surface area (Å²) in [6.07, 6.45) is 1.05. The quantitative estimate of drug-likeness (QED) is 0.610. The largest absolute Gasteiger partial charge is 0.358 e. The first-order valence-corrected chi connectivity index (χ1v) is 4.51. The first kappa shape index (κ1) is 11.9. The number of ketones is 1. The molecule has 0 aromatic carbocycles. The van der Waals surface area contributed by atoms with Gasteiger partial charge in [-0.2, -0.15) is 0 Å². The van der Waals surface area contributed by atoms with Crippen molar-refractivity contribution < 1.29 is 9.59 Å². The number of rotatable bonds is 3. The predicted molar refractivity (Wildman–Crippen MR) is 55.4 cm³/mol. The van der Waals surface area contributed by atoms with Crippen LogP contribution in [-0.4, -0.2) is 28.3 Å². The van der Waals surface area contributed by atoms with Crippen molar-refractivity contribution in [3.8, 4) is 0 Å². The number of nitrogens with one attached hydrogen (secondary N) is 2. The van der Waals surface area contributed by atoms with E-state index in [1.165, 1.54) is 14.0 Å². The van der Waals surface area contributed by atoms with E-state index in [0.717, 1.165) is 6.20 Å². The van der Waals surface area contributed by atoms with Crippen LogP contribution in [-0.2, 0) is 11.3 Å². The number of Topliss-reactive ketones (excluding diaryl/α,β-unsaturated/α-hetero) is 1. The van der Waals surface area contributed by atoms with Crippen molar-refractivity contribution in [2.24, 2.45) is 0 Å². The molecule has 1 rings (SSSR count). The lowest BCUT2D eigenvalue weighted by atomic mass is 10.2. The van der Waals surface area contributed by atoms with Crippen LogP contribution in [0.25, 0.3) is 0 Å². The number of H-pyrrole nitrogens is 1. The van der Waals surface area contributed by atoms with E-state index >= 15 is 0 Å². The van der Waals surface area contributed by atoms with E-state index in [-0.39, 0.29) is 5.56 Å². The summed E-state index contributed by atoms with van der Waals surface area (Å²) >= 11 is 0. The molecule has 0 spiro atoms. The molecule has 16 heavy (non-hydrogen) atoms. The van der Waals surface area contributed by atoms with E-state index in [1.807, 2.05) is 0 Å². The van der Waals surface area contributed by atoms with Crippen LogP contribution in [0, 0.1) is 0 Å². The normalized spacial score (nSPS) is 9.88. The van der Waals surface area contributed by atoms with Gasteiger partial charge in [0.1, 0.15) is 6.54 Å². The Bertz CT molecular complexity index is 540. The first-order chi connectivity index (χ1) is 7.47. The lowest BCUT2D eigenvalue weighted by Gasteiger charge is -2.04. The van der Waals surface area contributed by atoms with Gasteiger partial charge in [0.25, 0.3) is 5.56 Å². The molecular weight excluding hydrogens is 214 g/mol.